The number of amides is 1. The number of rotatable bonds is 9. The molecular weight excluding hydrogens is 361 g/mol. The molecule has 2 rings (SSSR count). The zero-order valence-corrected chi connectivity index (χ0v) is 15.2. The number of nitrogens with zero attached hydrogens (tertiary/aromatic N) is 1. The lowest BCUT2D eigenvalue weighted by atomic mass is 10.2. The molecular formula is C18H25F3N4O2. The second-order valence-corrected chi connectivity index (χ2v) is 6.10. The largest absolute Gasteiger partial charge is 0.491 e. The summed E-state index contributed by atoms with van der Waals surface area (Å²) in [5.74, 6) is 0.555. The van der Waals surface area contributed by atoms with Gasteiger partial charge in [-0.2, -0.15) is 13.2 Å². The maximum Gasteiger partial charge on any atom is 0.419 e. The van der Waals surface area contributed by atoms with E-state index < -0.39 is 11.7 Å². The van der Waals surface area contributed by atoms with Gasteiger partial charge < -0.3 is 20.7 Å². The maximum atomic E-state index is 12.9. The third-order valence-corrected chi connectivity index (χ3v) is 3.82. The average Bonchev–Trinajstić information content (AvgIpc) is 3.46. The monoisotopic (exact) mass is 386 g/mol. The molecule has 0 aromatic heterocycles. The molecule has 1 amide bonds. The third kappa shape index (κ3) is 7.36. The standard InChI is InChI=1S/C18H25F3N4O2/c1-2-22-17(24-10-9-23-16(26)13-7-8-13)25-11-12-27-15-6-4-3-5-14(15)18(19,20)21/h3-6,13H,2,7-12H2,1H3,(H,23,26)(H2,22,24,25). The number of guanidine groups is 1. The van der Waals surface area contributed by atoms with Crippen molar-refractivity contribution >= 4 is 11.9 Å². The smallest absolute Gasteiger partial charge is 0.419 e. The van der Waals surface area contributed by atoms with Crippen LogP contribution in [0.3, 0.4) is 0 Å². The van der Waals surface area contributed by atoms with Crippen LogP contribution in [0.4, 0.5) is 13.2 Å². The number of benzene rings is 1. The van der Waals surface area contributed by atoms with Gasteiger partial charge in [0, 0.05) is 19.0 Å². The summed E-state index contributed by atoms with van der Waals surface area (Å²) < 4.78 is 44.0. The number of hydrogen-bond donors (Lipinski definition) is 3. The van der Waals surface area contributed by atoms with E-state index in [1.54, 1.807) is 0 Å². The van der Waals surface area contributed by atoms with Gasteiger partial charge in [-0.3, -0.25) is 9.79 Å². The van der Waals surface area contributed by atoms with Gasteiger partial charge in [0.2, 0.25) is 5.91 Å². The number of para-hydroxylation sites is 1. The second-order valence-electron chi connectivity index (χ2n) is 6.10. The minimum absolute atomic E-state index is 0.0515. The first-order chi connectivity index (χ1) is 12.9. The van der Waals surface area contributed by atoms with Gasteiger partial charge in [-0.1, -0.05) is 12.1 Å². The molecule has 3 N–H and O–H groups in total. The molecule has 0 spiro atoms. The Morgan fingerprint density at radius 1 is 1.19 bits per heavy atom. The van der Waals surface area contributed by atoms with Crippen molar-refractivity contribution in [1.82, 2.24) is 16.0 Å². The van der Waals surface area contributed by atoms with E-state index in [0.717, 1.165) is 18.9 Å². The second kappa shape index (κ2) is 10.0. The lowest BCUT2D eigenvalue weighted by Crippen LogP contribution is -2.40. The SMILES string of the molecule is CCNC(=NCCNC(=O)C1CC1)NCCOc1ccccc1C(F)(F)F. The van der Waals surface area contributed by atoms with E-state index >= 15 is 0 Å². The summed E-state index contributed by atoms with van der Waals surface area (Å²) in [6.07, 6.45) is -2.54. The van der Waals surface area contributed by atoms with Gasteiger partial charge in [0.1, 0.15) is 12.4 Å². The fourth-order valence-electron chi connectivity index (χ4n) is 2.34. The number of carbonyl (C=O) groups excluding carboxylic acids is 1. The van der Waals surface area contributed by atoms with Crippen LogP contribution in [0, 0.1) is 5.92 Å². The fraction of sp³-hybridized carbons (Fsp3) is 0.556. The van der Waals surface area contributed by atoms with Gasteiger partial charge in [-0.05, 0) is 31.9 Å². The molecule has 27 heavy (non-hydrogen) atoms. The van der Waals surface area contributed by atoms with E-state index in [9.17, 15) is 18.0 Å². The summed E-state index contributed by atoms with van der Waals surface area (Å²) in [7, 11) is 0. The van der Waals surface area contributed by atoms with Crippen molar-refractivity contribution in [3.8, 4) is 5.75 Å². The first kappa shape index (κ1) is 20.9. The van der Waals surface area contributed by atoms with Crippen molar-refractivity contribution in [3.05, 3.63) is 29.8 Å². The molecule has 1 aromatic rings. The Morgan fingerprint density at radius 3 is 2.59 bits per heavy atom. The Labute approximate surface area is 156 Å². The number of nitrogens with one attached hydrogen (secondary N) is 3. The van der Waals surface area contributed by atoms with Crippen LogP contribution in [-0.2, 0) is 11.0 Å². The zero-order valence-electron chi connectivity index (χ0n) is 15.2. The summed E-state index contributed by atoms with van der Waals surface area (Å²) in [6.45, 7) is 3.73. The third-order valence-electron chi connectivity index (χ3n) is 3.82. The molecule has 0 atom stereocenters. The van der Waals surface area contributed by atoms with Crippen LogP contribution in [0.1, 0.15) is 25.3 Å². The number of carbonyl (C=O) groups is 1. The van der Waals surface area contributed by atoms with Crippen LogP contribution in [0.15, 0.2) is 29.3 Å². The van der Waals surface area contributed by atoms with Gasteiger partial charge >= 0.3 is 6.18 Å². The number of halogens is 3. The topological polar surface area (TPSA) is 74.8 Å². The highest BCUT2D eigenvalue weighted by atomic mass is 19.4. The van der Waals surface area contributed by atoms with Crippen molar-refractivity contribution in [2.45, 2.75) is 25.9 Å². The summed E-state index contributed by atoms with van der Waals surface area (Å²) in [5, 5.41) is 8.84. The summed E-state index contributed by atoms with van der Waals surface area (Å²) in [4.78, 5) is 15.8. The molecule has 0 unspecified atom stereocenters. The number of ether oxygens (including phenoxy) is 1. The molecule has 1 fully saturated rings. The predicted octanol–water partition coefficient (Wildman–Crippen LogP) is 2.17. The van der Waals surface area contributed by atoms with Crippen LogP contribution in [0.5, 0.6) is 5.75 Å². The van der Waals surface area contributed by atoms with E-state index in [-0.39, 0.29) is 30.7 Å². The van der Waals surface area contributed by atoms with Gasteiger partial charge in [0.05, 0.1) is 18.7 Å². The summed E-state index contributed by atoms with van der Waals surface area (Å²) in [6, 6.07) is 5.11. The maximum absolute atomic E-state index is 12.9. The van der Waals surface area contributed by atoms with Crippen molar-refractivity contribution in [1.29, 1.82) is 0 Å². The highest BCUT2D eigenvalue weighted by Gasteiger charge is 2.34. The van der Waals surface area contributed by atoms with Crippen molar-refractivity contribution in [2.75, 3.05) is 32.8 Å². The van der Waals surface area contributed by atoms with E-state index in [0.29, 0.717) is 25.6 Å². The molecule has 0 bridgehead atoms. The molecule has 1 aliphatic rings. The van der Waals surface area contributed by atoms with E-state index in [1.807, 2.05) is 6.92 Å². The van der Waals surface area contributed by atoms with Gasteiger partial charge in [0.15, 0.2) is 5.96 Å². The highest BCUT2D eigenvalue weighted by molar-refractivity contribution is 5.81. The fourth-order valence-corrected chi connectivity index (χ4v) is 2.34. The first-order valence-electron chi connectivity index (χ1n) is 9.00. The van der Waals surface area contributed by atoms with Gasteiger partial charge in [-0.15, -0.1) is 0 Å². The zero-order chi connectivity index (χ0) is 19.7. The van der Waals surface area contributed by atoms with Gasteiger partial charge in [-0.25, -0.2) is 0 Å². The van der Waals surface area contributed by atoms with E-state index in [4.69, 9.17) is 4.74 Å². The molecule has 1 aliphatic carbocycles. The molecule has 0 heterocycles. The van der Waals surface area contributed by atoms with Crippen LogP contribution < -0.4 is 20.7 Å². The lowest BCUT2D eigenvalue weighted by Gasteiger charge is -2.15. The quantitative estimate of drug-likeness (QED) is 0.345. The molecule has 1 aromatic carbocycles. The molecule has 0 radical (unpaired) electrons. The Morgan fingerprint density at radius 2 is 1.93 bits per heavy atom. The van der Waals surface area contributed by atoms with Crippen LogP contribution >= 0.6 is 0 Å². The minimum atomic E-state index is -4.45. The summed E-state index contributed by atoms with van der Waals surface area (Å²) in [5.41, 5.74) is -0.794. The molecule has 1 saturated carbocycles. The van der Waals surface area contributed by atoms with Crippen LogP contribution in [0.25, 0.3) is 0 Å². The Balaban J connectivity index is 1.74. The van der Waals surface area contributed by atoms with Crippen LogP contribution in [0.2, 0.25) is 0 Å². The lowest BCUT2D eigenvalue weighted by molar-refractivity contribution is -0.139. The van der Waals surface area contributed by atoms with Gasteiger partial charge in [0.25, 0.3) is 0 Å². The molecule has 9 heteroatoms. The predicted molar refractivity (Wildman–Crippen MR) is 96.7 cm³/mol. The number of hydrogen-bond acceptors (Lipinski definition) is 3. The van der Waals surface area contributed by atoms with E-state index in [1.165, 1.54) is 18.2 Å². The van der Waals surface area contributed by atoms with Crippen molar-refractivity contribution in [2.24, 2.45) is 10.9 Å². The van der Waals surface area contributed by atoms with Crippen molar-refractivity contribution in [3.63, 3.8) is 0 Å². The van der Waals surface area contributed by atoms with E-state index in [2.05, 4.69) is 20.9 Å². The normalized spacial score (nSPS) is 14.6. The average molecular weight is 386 g/mol. The Hall–Kier alpha value is -2.45. The Bertz CT molecular complexity index is 646. The molecule has 6 nitrogen and oxygen atoms in total. The molecule has 0 aliphatic heterocycles. The highest BCUT2D eigenvalue weighted by Crippen LogP contribution is 2.35. The first-order valence-corrected chi connectivity index (χ1v) is 9.00. The Kier molecular flexibility index (Phi) is 7.75. The number of alkyl halides is 3. The van der Waals surface area contributed by atoms with Crippen molar-refractivity contribution < 1.29 is 22.7 Å². The minimum Gasteiger partial charge on any atom is -0.491 e. The number of aliphatic imine (C=N–C) groups is 1. The van der Waals surface area contributed by atoms with Crippen LogP contribution in [-0.4, -0.2) is 44.7 Å². The molecule has 0 saturated heterocycles. The molecule has 150 valence electrons. The summed E-state index contributed by atoms with van der Waals surface area (Å²) >= 11 is 0.